The van der Waals surface area contributed by atoms with Gasteiger partial charge in [-0.25, -0.2) is 0 Å². The lowest BCUT2D eigenvalue weighted by Gasteiger charge is -2.25. The van der Waals surface area contributed by atoms with E-state index in [0.717, 1.165) is 17.5 Å². The molecule has 5 unspecified atom stereocenters. The van der Waals surface area contributed by atoms with Crippen molar-refractivity contribution >= 4 is 11.9 Å². The summed E-state index contributed by atoms with van der Waals surface area (Å²) in [5, 5.41) is 18.8. The number of benzene rings is 1. The number of fused-ring (bicyclic) bond motifs is 2. The summed E-state index contributed by atoms with van der Waals surface area (Å²) in [6.07, 6.45) is 7.51. The molecule has 3 rings (SSSR count). The highest BCUT2D eigenvalue weighted by molar-refractivity contribution is 5.84. The van der Waals surface area contributed by atoms with Crippen LogP contribution in [0.15, 0.2) is 49.1 Å². The van der Waals surface area contributed by atoms with E-state index < -0.39 is 17.9 Å². The van der Waals surface area contributed by atoms with Crippen molar-refractivity contribution in [1.29, 1.82) is 0 Å². The van der Waals surface area contributed by atoms with Crippen molar-refractivity contribution in [2.45, 2.75) is 38.4 Å². The molecule has 0 aliphatic heterocycles. The Kier molecular flexibility index (Phi) is 7.82. The third-order valence-corrected chi connectivity index (χ3v) is 5.94. The van der Waals surface area contributed by atoms with Crippen molar-refractivity contribution in [2.75, 3.05) is 13.2 Å². The number of unbranched alkanes of at least 4 members (excludes halogenated alkanes) is 1. The van der Waals surface area contributed by atoms with Gasteiger partial charge in [-0.15, -0.1) is 6.58 Å². The molecule has 0 aromatic heterocycles. The Balaban J connectivity index is 1.56. The van der Waals surface area contributed by atoms with Crippen LogP contribution in [0.25, 0.3) is 0 Å². The molecule has 6 nitrogen and oxygen atoms in total. The van der Waals surface area contributed by atoms with Crippen molar-refractivity contribution in [2.24, 2.45) is 23.7 Å². The van der Waals surface area contributed by atoms with Gasteiger partial charge >= 0.3 is 11.9 Å². The molecule has 2 aliphatic rings. The number of rotatable bonds is 11. The Hall–Kier alpha value is -2.44. The summed E-state index contributed by atoms with van der Waals surface area (Å²) in [6.45, 7) is 4.06. The molecule has 1 aromatic rings. The molecule has 0 spiro atoms. The summed E-state index contributed by atoms with van der Waals surface area (Å²) in [5.41, 5.74) is 1.60. The normalized spacial score (nSPS) is 25.1. The average Bonchev–Trinajstić information content (AvgIpc) is 3.37. The average molecular weight is 414 g/mol. The molecule has 1 aromatic carbocycles. The molecule has 162 valence electrons. The molecular weight excluding hydrogens is 384 g/mol. The number of carbonyl (C=O) groups is 2. The molecule has 0 saturated heterocycles. The van der Waals surface area contributed by atoms with E-state index in [0.29, 0.717) is 19.3 Å². The van der Waals surface area contributed by atoms with Crippen LogP contribution in [0, 0.1) is 23.7 Å². The predicted molar refractivity (Wildman–Crippen MR) is 111 cm³/mol. The van der Waals surface area contributed by atoms with Crippen LogP contribution in [0.5, 0.6) is 0 Å². The standard InChI is InChI=1S/C24H30O6/c1-2-5-20(26)17-8-6-16(7-9-17)15-30-24(28)22-19-11-10-18(14-19)21(22)23(27)29-13-4-3-12-25/h2,6-11,18-22,25-26H,1,3-5,12-15H2. The maximum absolute atomic E-state index is 12.8. The van der Waals surface area contributed by atoms with Gasteiger partial charge < -0.3 is 19.7 Å². The first-order valence-electron chi connectivity index (χ1n) is 10.6. The zero-order chi connectivity index (χ0) is 21.5. The molecule has 0 heterocycles. The highest BCUT2D eigenvalue weighted by atomic mass is 16.5. The van der Waals surface area contributed by atoms with E-state index in [-0.39, 0.29) is 43.6 Å². The monoisotopic (exact) mass is 414 g/mol. The van der Waals surface area contributed by atoms with Crippen molar-refractivity contribution in [3.05, 3.63) is 60.2 Å². The van der Waals surface area contributed by atoms with E-state index in [1.54, 1.807) is 6.08 Å². The smallest absolute Gasteiger partial charge is 0.310 e. The number of hydrogen-bond donors (Lipinski definition) is 2. The van der Waals surface area contributed by atoms with Gasteiger partial charge in [-0.05, 0) is 48.6 Å². The van der Waals surface area contributed by atoms with E-state index in [1.165, 1.54) is 0 Å². The van der Waals surface area contributed by atoms with E-state index in [2.05, 4.69) is 6.58 Å². The van der Waals surface area contributed by atoms with Crippen LogP contribution in [0.1, 0.15) is 42.9 Å². The highest BCUT2D eigenvalue weighted by Crippen LogP contribution is 2.49. The maximum atomic E-state index is 12.8. The summed E-state index contributed by atoms with van der Waals surface area (Å²) in [6, 6.07) is 7.26. The SMILES string of the molecule is C=CCC(O)c1ccc(COC(=O)C2C3C=CC(C3)C2C(=O)OCCCCO)cc1. The van der Waals surface area contributed by atoms with Gasteiger partial charge in [0.15, 0.2) is 0 Å². The molecule has 1 saturated carbocycles. The number of hydrogen-bond acceptors (Lipinski definition) is 6. The number of allylic oxidation sites excluding steroid dienone is 2. The quantitative estimate of drug-likeness (QED) is 0.328. The molecule has 5 atom stereocenters. The first-order chi connectivity index (χ1) is 14.5. The lowest BCUT2D eigenvalue weighted by molar-refractivity contribution is -0.162. The Morgan fingerprint density at radius 1 is 1.07 bits per heavy atom. The number of ether oxygens (including phenoxy) is 2. The fourth-order valence-corrected chi connectivity index (χ4v) is 4.33. The Bertz CT molecular complexity index is 768. The number of carbonyl (C=O) groups excluding carboxylic acids is 2. The van der Waals surface area contributed by atoms with E-state index in [9.17, 15) is 14.7 Å². The van der Waals surface area contributed by atoms with Gasteiger partial charge in [0.1, 0.15) is 6.61 Å². The molecular formula is C24H30O6. The van der Waals surface area contributed by atoms with Crippen LogP contribution in [0.2, 0.25) is 0 Å². The van der Waals surface area contributed by atoms with E-state index in [4.69, 9.17) is 14.6 Å². The number of aliphatic hydroxyl groups is 2. The largest absolute Gasteiger partial charge is 0.465 e. The van der Waals surface area contributed by atoms with Crippen molar-refractivity contribution < 1.29 is 29.3 Å². The van der Waals surface area contributed by atoms with E-state index in [1.807, 2.05) is 36.4 Å². The molecule has 1 fully saturated rings. The minimum atomic E-state index is -0.593. The first-order valence-corrected chi connectivity index (χ1v) is 10.6. The second-order valence-corrected chi connectivity index (χ2v) is 7.99. The zero-order valence-corrected chi connectivity index (χ0v) is 17.1. The lowest BCUT2D eigenvalue weighted by atomic mass is 9.83. The van der Waals surface area contributed by atoms with Crippen LogP contribution in [0.4, 0.5) is 0 Å². The van der Waals surface area contributed by atoms with Crippen molar-refractivity contribution in [3.63, 3.8) is 0 Å². The molecule has 2 bridgehead atoms. The summed E-state index contributed by atoms with van der Waals surface area (Å²) >= 11 is 0. The van der Waals surface area contributed by atoms with Crippen LogP contribution < -0.4 is 0 Å². The van der Waals surface area contributed by atoms with Gasteiger partial charge in [-0.3, -0.25) is 9.59 Å². The van der Waals surface area contributed by atoms with Gasteiger partial charge in [0.2, 0.25) is 0 Å². The highest BCUT2D eigenvalue weighted by Gasteiger charge is 2.53. The fraction of sp³-hybridized carbons (Fsp3) is 0.500. The van der Waals surface area contributed by atoms with Gasteiger partial charge in [-0.2, -0.15) is 0 Å². The van der Waals surface area contributed by atoms with Crippen LogP contribution in [0.3, 0.4) is 0 Å². The molecule has 2 aliphatic carbocycles. The van der Waals surface area contributed by atoms with Gasteiger partial charge in [0, 0.05) is 6.61 Å². The molecule has 2 N–H and O–H groups in total. The second kappa shape index (κ2) is 10.5. The van der Waals surface area contributed by atoms with Gasteiger partial charge in [-0.1, -0.05) is 42.5 Å². The van der Waals surface area contributed by atoms with Crippen LogP contribution >= 0.6 is 0 Å². The van der Waals surface area contributed by atoms with Crippen molar-refractivity contribution in [3.8, 4) is 0 Å². The molecule has 6 heteroatoms. The molecule has 0 amide bonds. The molecule has 0 radical (unpaired) electrons. The topological polar surface area (TPSA) is 93.1 Å². The Morgan fingerprint density at radius 3 is 2.30 bits per heavy atom. The third kappa shape index (κ3) is 5.18. The predicted octanol–water partition coefficient (Wildman–Crippen LogP) is 3.09. The minimum Gasteiger partial charge on any atom is -0.465 e. The summed E-state index contributed by atoms with van der Waals surface area (Å²) in [4.78, 5) is 25.4. The third-order valence-electron chi connectivity index (χ3n) is 5.94. The number of esters is 2. The number of aliphatic hydroxyl groups excluding tert-OH is 2. The summed E-state index contributed by atoms with van der Waals surface area (Å²) in [7, 11) is 0. The van der Waals surface area contributed by atoms with Gasteiger partial charge in [0.05, 0.1) is 24.5 Å². The maximum Gasteiger partial charge on any atom is 0.310 e. The second-order valence-electron chi connectivity index (χ2n) is 7.99. The van der Waals surface area contributed by atoms with Crippen LogP contribution in [-0.2, 0) is 25.7 Å². The van der Waals surface area contributed by atoms with Crippen molar-refractivity contribution in [1.82, 2.24) is 0 Å². The molecule has 30 heavy (non-hydrogen) atoms. The summed E-state index contributed by atoms with van der Waals surface area (Å²) in [5.74, 6) is -1.72. The Morgan fingerprint density at radius 2 is 1.70 bits per heavy atom. The fourth-order valence-electron chi connectivity index (χ4n) is 4.33. The first kappa shape index (κ1) is 22.2. The summed E-state index contributed by atoms with van der Waals surface area (Å²) < 4.78 is 10.9. The van der Waals surface area contributed by atoms with Crippen LogP contribution in [-0.4, -0.2) is 35.4 Å². The zero-order valence-electron chi connectivity index (χ0n) is 17.1. The minimum absolute atomic E-state index is 0.00826. The van der Waals surface area contributed by atoms with Gasteiger partial charge in [0.25, 0.3) is 0 Å². The van der Waals surface area contributed by atoms with E-state index >= 15 is 0 Å². The lowest BCUT2D eigenvalue weighted by Crippen LogP contribution is -2.35. The Labute approximate surface area is 177 Å².